The smallest absolute Gasteiger partial charge is 0.410 e. The molecule has 0 radical (unpaired) electrons. The molecule has 0 rings (SSSR count). The molecule has 0 aliphatic carbocycles. The lowest BCUT2D eigenvalue weighted by molar-refractivity contribution is -0.149. The van der Waals surface area contributed by atoms with Gasteiger partial charge in [-0.3, -0.25) is 4.90 Å². The highest BCUT2D eigenvalue weighted by Crippen LogP contribution is 2.14. The zero-order valence-electron chi connectivity index (χ0n) is 17.9. The Morgan fingerprint density at radius 1 is 0.846 bits per heavy atom. The molecule has 0 saturated heterocycles. The summed E-state index contributed by atoms with van der Waals surface area (Å²) in [5, 5.41) is 0. The van der Waals surface area contributed by atoms with Crippen LogP contribution in [-0.2, 0) is 14.3 Å². The van der Waals surface area contributed by atoms with E-state index >= 15 is 0 Å². The highest BCUT2D eigenvalue weighted by molar-refractivity contribution is 5.81. The number of esters is 1. The molecule has 1 unspecified atom stereocenters. The first-order chi connectivity index (χ1) is 12.3. The number of likely N-dealkylation sites (N-methyl/N-ethyl adjacent to an activating group) is 1. The van der Waals surface area contributed by atoms with Gasteiger partial charge >= 0.3 is 12.1 Å². The Morgan fingerprint density at radius 3 is 1.96 bits per heavy atom. The summed E-state index contributed by atoms with van der Waals surface area (Å²) in [6.45, 7) is 11.0. The topological polar surface area (TPSA) is 55.8 Å². The van der Waals surface area contributed by atoms with E-state index in [0.29, 0.717) is 19.6 Å². The van der Waals surface area contributed by atoms with Crippen LogP contribution in [-0.4, -0.2) is 43.3 Å². The van der Waals surface area contributed by atoms with Gasteiger partial charge in [0.05, 0.1) is 13.2 Å². The number of carbonyl (C=O) groups is 2. The SMILES string of the molecule is CCCCCCCCCOC(=O)C(CC(C)C)N(C)C(=O)OCC(C)C. The van der Waals surface area contributed by atoms with Gasteiger partial charge < -0.3 is 9.47 Å². The van der Waals surface area contributed by atoms with E-state index in [2.05, 4.69) is 6.92 Å². The molecule has 0 heterocycles. The zero-order valence-corrected chi connectivity index (χ0v) is 17.9. The molecule has 1 amide bonds. The first-order valence-electron chi connectivity index (χ1n) is 10.4. The normalized spacial score (nSPS) is 12.3. The molecular weight excluding hydrogens is 330 g/mol. The van der Waals surface area contributed by atoms with Gasteiger partial charge in [0, 0.05) is 7.05 Å². The van der Waals surface area contributed by atoms with Crippen LogP contribution in [0, 0.1) is 11.8 Å². The van der Waals surface area contributed by atoms with Crippen molar-refractivity contribution in [3.8, 4) is 0 Å². The highest BCUT2D eigenvalue weighted by Gasteiger charge is 2.30. The van der Waals surface area contributed by atoms with Crippen LogP contribution in [0.25, 0.3) is 0 Å². The number of carbonyl (C=O) groups excluding carboxylic acids is 2. The molecular formula is C21H41NO4. The predicted octanol–water partition coefficient (Wildman–Crippen LogP) is 5.42. The van der Waals surface area contributed by atoms with E-state index < -0.39 is 12.1 Å². The third kappa shape index (κ3) is 12.2. The summed E-state index contributed by atoms with van der Waals surface area (Å²) < 4.78 is 10.7. The molecule has 0 N–H and O–H groups in total. The van der Waals surface area contributed by atoms with Crippen LogP contribution < -0.4 is 0 Å². The summed E-state index contributed by atoms with van der Waals surface area (Å²) in [7, 11) is 1.62. The van der Waals surface area contributed by atoms with Gasteiger partial charge in [-0.25, -0.2) is 9.59 Å². The predicted molar refractivity (Wildman–Crippen MR) is 106 cm³/mol. The Bertz CT molecular complexity index is 382. The molecule has 0 aromatic heterocycles. The van der Waals surface area contributed by atoms with E-state index in [1.54, 1.807) is 7.05 Å². The molecule has 0 aromatic carbocycles. The van der Waals surface area contributed by atoms with E-state index in [1.165, 1.54) is 37.0 Å². The number of nitrogens with zero attached hydrogens (tertiary/aromatic N) is 1. The van der Waals surface area contributed by atoms with Crippen molar-refractivity contribution in [3.63, 3.8) is 0 Å². The maximum Gasteiger partial charge on any atom is 0.410 e. The third-order valence-electron chi connectivity index (χ3n) is 4.25. The molecule has 5 heteroatoms. The van der Waals surface area contributed by atoms with Gasteiger partial charge in [0.1, 0.15) is 6.04 Å². The summed E-state index contributed by atoms with van der Waals surface area (Å²) in [4.78, 5) is 26.0. The van der Waals surface area contributed by atoms with Crippen LogP contribution in [0.2, 0.25) is 0 Å². The van der Waals surface area contributed by atoms with Gasteiger partial charge in [-0.15, -0.1) is 0 Å². The standard InChI is InChI=1S/C21H41NO4/c1-7-8-9-10-11-12-13-14-25-20(23)19(15-17(2)3)22(6)21(24)26-16-18(4)5/h17-19H,7-16H2,1-6H3. The minimum absolute atomic E-state index is 0.264. The monoisotopic (exact) mass is 371 g/mol. The number of rotatable bonds is 14. The Morgan fingerprint density at radius 2 is 1.42 bits per heavy atom. The summed E-state index contributed by atoms with van der Waals surface area (Å²) in [6.07, 6.45) is 8.35. The second kappa shape index (κ2) is 14.9. The van der Waals surface area contributed by atoms with Gasteiger partial charge in [-0.1, -0.05) is 73.1 Å². The molecule has 5 nitrogen and oxygen atoms in total. The van der Waals surface area contributed by atoms with Crippen LogP contribution in [0.5, 0.6) is 0 Å². The van der Waals surface area contributed by atoms with E-state index in [1.807, 2.05) is 27.7 Å². The number of hydrogen-bond acceptors (Lipinski definition) is 4. The lowest BCUT2D eigenvalue weighted by Crippen LogP contribution is -2.44. The second-order valence-corrected chi connectivity index (χ2v) is 8.02. The van der Waals surface area contributed by atoms with E-state index in [9.17, 15) is 9.59 Å². The minimum Gasteiger partial charge on any atom is -0.464 e. The molecule has 1 atom stereocenters. The average Bonchev–Trinajstić information content (AvgIpc) is 2.58. The van der Waals surface area contributed by atoms with Crippen molar-refractivity contribution in [1.29, 1.82) is 0 Å². The van der Waals surface area contributed by atoms with Gasteiger partial charge in [0.2, 0.25) is 0 Å². The number of ether oxygens (including phenoxy) is 2. The Balaban J connectivity index is 4.31. The van der Waals surface area contributed by atoms with Crippen LogP contribution in [0.4, 0.5) is 4.79 Å². The Hall–Kier alpha value is -1.26. The van der Waals surface area contributed by atoms with E-state index in [4.69, 9.17) is 9.47 Å². The minimum atomic E-state index is -0.584. The molecule has 0 fully saturated rings. The summed E-state index contributed by atoms with van der Waals surface area (Å²) >= 11 is 0. The maximum absolute atomic E-state index is 12.5. The lowest BCUT2D eigenvalue weighted by Gasteiger charge is -2.27. The quantitative estimate of drug-likeness (QED) is 0.302. The van der Waals surface area contributed by atoms with Crippen LogP contribution >= 0.6 is 0 Å². The van der Waals surface area contributed by atoms with Crippen molar-refractivity contribution in [2.24, 2.45) is 11.8 Å². The van der Waals surface area contributed by atoms with Crippen molar-refractivity contribution in [3.05, 3.63) is 0 Å². The summed E-state index contributed by atoms with van der Waals surface area (Å²) in [6, 6.07) is -0.584. The van der Waals surface area contributed by atoms with Crippen LogP contribution in [0.1, 0.15) is 86.0 Å². The van der Waals surface area contributed by atoms with Crippen LogP contribution in [0.3, 0.4) is 0 Å². The van der Waals surface area contributed by atoms with Gasteiger partial charge in [-0.05, 0) is 24.7 Å². The highest BCUT2D eigenvalue weighted by atomic mass is 16.6. The van der Waals surface area contributed by atoms with Crippen molar-refractivity contribution in [2.45, 2.75) is 92.0 Å². The molecule has 0 bridgehead atoms. The van der Waals surface area contributed by atoms with Crippen molar-refractivity contribution < 1.29 is 19.1 Å². The average molecular weight is 372 g/mol. The molecule has 0 aromatic rings. The maximum atomic E-state index is 12.5. The molecule has 0 saturated carbocycles. The fraction of sp³-hybridized carbons (Fsp3) is 0.905. The lowest BCUT2D eigenvalue weighted by atomic mass is 10.0. The molecule has 154 valence electrons. The van der Waals surface area contributed by atoms with Crippen molar-refractivity contribution in [2.75, 3.05) is 20.3 Å². The largest absolute Gasteiger partial charge is 0.464 e. The van der Waals surface area contributed by atoms with E-state index in [-0.39, 0.29) is 17.8 Å². The summed E-state index contributed by atoms with van der Waals surface area (Å²) in [5.74, 6) is 0.223. The Kier molecular flexibility index (Phi) is 14.1. The van der Waals surface area contributed by atoms with Crippen molar-refractivity contribution in [1.82, 2.24) is 4.90 Å². The number of unbranched alkanes of at least 4 members (excludes halogenated alkanes) is 6. The third-order valence-corrected chi connectivity index (χ3v) is 4.25. The second-order valence-electron chi connectivity index (χ2n) is 8.02. The summed E-state index contributed by atoms with van der Waals surface area (Å²) in [5.41, 5.74) is 0. The van der Waals surface area contributed by atoms with Crippen molar-refractivity contribution >= 4 is 12.1 Å². The molecule has 0 spiro atoms. The fourth-order valence-corrected chi connectivity index (χ4v) is 2.65. The first kappa shape index (κ1) is 24.7. The Labute approximate surface area is 160 Å². The molecule has 26 heavy (non-hydrogen) atoms. The van der Waals surface area contributed by atoms with Gasteiger partial charge in [0.15, 0.2) is 0 Å². The van der Waals surface area contributed by atoms with Gasteiger partial charge in [-0.2, -0.15) is 0 Å². The van der Waals surface area contributed by atoms with Gasteiger partial charge in [0.25, 0.3) is 0 Å². The molecule has 0 aliphatic rings. The number of amides is 1. The first-order valence-corrected chi connectivity index (χ1v) is 10.4. The van der Waals surface area contributed by atoms with Crippen LogP contribution in [0.15, 0.2) is 0 Å². The molecule has 0 aliphatic heterocycles. The van der Waals surface area contributed by atoms with E-state index in [0.717, 1.165) is 12.8 Å². The fourth-order valence-electron chi connectivity index (χ4n) is 2.65. The zero-order chi connectivity index (χ0) is 19.9. The number of hydrogen-bond donors (Lipinski definition) is 0.